The summed E-state index contributed by atoms with van der Waals surface area (Å²) < 4.78 is 5.25. The lowest BCUT2D eigenvalue weighted by atomic mass is 9.96. The standard InChI is InChI=1S/C24H29N3O3/c1-4-19-21(23(28)30-5-2)20(27-24(29)26-19)15-25-22(17-9-7-6-8-10-17)18-13-11-16(3)12-14-18/h6-14,19,22,25H,4-5,15H2,1-3H3,(H2,26,27,29)/t19-,22+/m0/s1. The van der Waals surface area contributed by atoms with E-state index in [9.17, 15) is 9.59 Å². The number of urea groups is 1. The Labute approximate surface area is 177 Å². The van der Waals surface area contributed by atoms with Crippen LogP contribution in [0.5, 0.6) is 0 Å². The molecule has 3 N–H and O–H groups in total. The maximum atomic E-state index is 12.6. The average Bonchev–Trinajstić information content (AvgIpc) is 2.75. The highest BCUT2D eigenvalue weighted by Gasteiger charge is 2.31. The molecule has 0 aliphatic carbocycles. The Hall–Kier alpha value is -3.12. The van der Waals surface area contributed by atoms with Crippen LogP contribution in [0.2, 0.25) is 0 Å². The van der Waals surface area contributed by atoms with E-state index in [0.717, 1.165) is 11.1 Å². The molecule has 0 spiro atoms. The van der Waals surface area contributed by atoms with Gasteiger partial charge in [0.05, 0.1) is 24.3 Å². The maximum Gasteiger partial charge on any atom is 0.337 e. The van der Waals surface area contributed by atoms with Crippen LogP contribution in [0.15, 0.2) is 65.9 Å². The Bertz CT molecular complexity index is 907. The zero-order chi connectivity index (χ0) is 21.5. The van der Waals surface area contributed by atoms with Gasteiger partial charge in [-0.15, -0.1) is 0 Å². The van der Waals surface area contributed by atoms with Crippen LogP contribution in [-0.2, 0) is 9.53 Å². The molecule has 1 heterocycles. The van der Waals surface area contributed by atoms with Gasteiger partial charge in [-0.1, -0.05) is 67.1 Å². The van der Waals surface area contributed by atoms with Crippen LogP contribution in [0.4, 0.5) is 4.79 Å². The first-order valence-electron chi connectivity index (χ1n) is 10.4. The van der Waals surface area contributed by atoms with Crippen molar-refractivity contribution < 1.29 is 14.3 Å². The molecule has 6 nitrogen and oxygen atoms in total. The van der Waals surface area contributed by atoms with E-state index < -0.39 is 5.97 Å². The largest absolute Gasteiger partial charge is 0.463 e. The predicted molar refractivity (Wildman–Crippen MR) is 117 cm³/mol. The van der Waals surface area contributed by atoms with E-state index in [1.165, 1.54) is 5.56 Å². The lowest BCUT2D eigenvalue weighted by molar-refractivity contribution is -0.139. The average molecular weight is 408 g/mol. The van der Waals surface area contributed by atoms with Gasteiger partial charge in [-0.05, 0) is 31.4 Å². The molecule has 2 aromatic carbocycles. The Kier molecular flexibility index (Phi) is 7.25. The number of rotatable bonds is 8. The van der Waals surface area contributed by atoms with Crippen molar-refractivity contribution in [3.05, 3.63) is 82.6 Å². The van der Waals surface area contributed by atoms with Crippen molar-refractivity contribution in [3.8, 4) is 0 Å². The Balaban J connectivity index is 1.92. The van der Waals surface area contributed by atoms with Crippen molar-refractivity contribution in [2.24, 2.45) is 0 Å². The molecule has 30 heavy (non-hydrogen) atoms. The Morgan fingerprint density at radius 1 is 1.07 bits per heavy atom. The van der Waals surface area contributed by atoms with Crippen LogP contribution in [0.1, 0.15) is 43.0 Å². The van der Waals surface area contributed by atoms with Crippen LogP contribution in [0.3, 0.4) is 0 Å². The minimum Gasteiger partial charge on any atom is -0.463 e. The van der Waals surface area contributed by atoms with Crippen molar-refractivity contribution in [3.63, 3.8) is 0 Å². The third-order valence-electron chi connectivity index (χ3n) is 5.17. The number of hydrogen-bond donors (Lipinski definition) is 3. The molecule has 2 amide bonds. The fourth-order valence-corrected chi connectivity index (χ4v) is 3.64. The molecule has 1 aliphatic heterocycles. The summed E-state index contributed by atoms with van der Waals surface area (Å²) in [6.45, 7) is 6.37. The highest BCUT2D eigenvalue weighted by atomic mass is 16.5. The number of carbonyl (C=O) groups is 2. The first-order valence-corrected chi connectivity index (χ1v) is 10.4. The fourth-order valence-electron chi connectivity index (χ4n) is 3.64. The van der Waals surface area contributed by atoms with E-state index >= 15 is 0 Å². The smallest absolute Gasteiger partial charge is 0.337 e. The third-order valence-corrected chi connectivity index (χ3v) is 5.17. The van der Waals surface area contributed by atoms with E-state index in [1.54, 1.807) is 6.92 Å². The molecule has 0 radical (unpaired) electrons. The van der Waals surface area contributed by atoms with E-state index in [2.05, 4.69) is 59.3 Å². The molecule has 158 valence electrons. The number of ether oxygens (including phenoxy) is 1. The SMILES string of the molecule is CCOC(=O)C1=C(CN[C@H](c2ccccc2)c2ccc(C)cc2)NC(=O)N[C@H]1CC. The van der Waals surface area contributed by atoms with E-state index in [4.69, 9.17) is 4.74 Å². The number of aryl methyl sites for hydroxylation is 1. The first-order chi connectivity index (χ1) is 14.5. The van der Waals surface area contributed by atoms with Crippen molar-refractivity contribution in [2.75, 3.05) is 13.2 Å². The molecular weight excluding hydrogens is 378 g/mol. The van der Waals surface area contributed by atoms with Gasteiger partial charge in [0.1, 0.15) is 0 Å². The van der Waals surface area contributed by atoms with E-state index in [0.29, 0.717) is 24.2 Å². The summed E-state index contributed by atoms with van der Waals surface area (Å²) in [4.78, 5) is 24.8. The summed E-state index contributed by atoms with van der Waals surface area (Å²) in [6.07, 6.45) is 0.602. The minimum atomic E-state index is -0.403. The molecule has 0 fully saturated rings. The molecule has 3 rings (SSSR count). The first kappa shape index (κ1) is 21.6. The molecule has 0 bridgehead atoms. The molecule has 2 aromatic rings. The predicted octanol–water partition coefficient (Wildman–Crippen LogP) is 3.58. The van der Waals surface area contributed by atoms with Gasteiger partial charge >= 0.3 is 12.0 Å². The molecule has 0 saturated carbocycles. The lowest BCUT2D eigenvalue weighted by Crippen LogP contribution is -2.52. The second kappa shape index (κ2) is 10.1. The van der Waals surface area contributed by atoms with E-state index in [-0.39, 0.29) is 24.7 Å². The van der Waals surface area contributed by atoms with Crippen LogP contribution in [-0.4, -0.2) is 31.2 Å². The zero-order valence-corrected chi connectivity index (χ0v) is 17.7. The van der Waals surface area contributed by atoms with Crippen LogP contribution in [0.25, 0.3) is 0 Å². The summed E-state index contributed by atoms with van der Waals surface area (Å²) in [6, 6.07) is 17.7. The second-order valence-electron chi connectivity index (χ2n) is 7.31. The number of nitrogens with one attached hydrogen (secondary N) is 3. The molecule has 6 heteroatoms. The van der Waals surface area contributed by atoms with Gasteiger partial charge in [0, 0.05) is 12.2 Å². The highest BCUT2D eigenvalue weighted by molar-refractivity contribution is 5.94. The number of esters is 1. The highest BCUT2D eigenvalue weighted by Crippen LogP contribution is 2.24. The quantitative estimate of drug-likeness (QED) is 0.585. The van der Waals surface area contributed by atoms with Gasteiger partial charge < -0.3 is 20.7 Å². The normalized spacial score (nSPS) is 17.2. The molecular formula is C24H29N3O3. The Morgan fingerprint density at radius 2 is 1.73 bits per heavy atom. The van der Waals surface area contributed by atoms with Gasteiger partial charge in [-0.3, -0.25) is 0 Å². The maximum absolute atomic E-state index is 12.6. The zero-order valence-electron chi connectivity index (χ0n) is 17.7. The van der Waals surface area contributed by atoms with Gasteiger partial charge in [0.15, 0.2) is 0 Å². The van der Waals surface area contributed by atoms with Crippen molar-refractivity contribution >= 4 is 12.0 Å². The number of carbonyl (C=O) groups excluding carboxylic acids is 2. The fraction of sp³-hybridized carbons (Fsp3) is 0.333. The summed E-state index contributed by atoms with van der Waals surface area (Å²) >= 11 is 0. The number of amides is 2. The summed E-state index contributed by atoms with van der Waals surface area (Å²) in [5, 5.41) is 9.14. The van der Waals surface area contributed by atoms with E-state index in [1.807, 2.05) is 25.1 Å². The molecule has 0 unspecified atom stereocenters. The Morgan fingerprint density at radius 3 is 2.37 bits per heavy atom. The van der Waals surface area contributed by atoms with Gasteiger partial charge in [-0.2, -0.15) is 0 Å². The van der Waals surface area contributed by atoms with Crippen molar-refractivity contribution in [1.82, 2.24) is 16.0 Å². The number of benzene rings is 2. The van der Waals surface area contributed by atoms with Gasteiger partial charge in [0.2, 0.25) is 0 Å². The van der Waals surface area contributed by atoms with Gasteiger partial charge in [0.25, 0.3) is 0 Å². The van der Waals surface area contributed by atoms with Crippen molar-refractivity contribution in [1.29, 1.82) is 0 Å². The molecule has 2 atom stereocenters. The minimum absolute atomic E-state index is 0.0883. The lowest BCUT2D eigenvalue weighted by Gasteiger charge is -2.29. The van der Waals surface area contributed by atoms with Crippen molar-refractivity contribution in [2.45, 2.75) is 39.3 Å². The molecule has 0 saturated heterocycles. The molecule has 0 aromatic heterocycles. The van der Waals surface area contributed by atoms with Gasteiger partial charge in [-0.25, -0.2) is 9.59 Å². The summed E-state index contributed by atoms with van der Waals surface area (Å²) in [5.41, 5.74) is 4.43. The third kappa shape index (κ3) is 5.07. The number of hydrogen-bond acceptors (Lipinski definition) is 4. The monoisotopic (exact) mass is 407 g/mol. The summed E-state index contributed by atoms with van der Waals surface area (Å²) in [5.74, 6) is -0.403. The summed E-state index contributed by atoms with van der Waals surface area (Å²) in [7, 11) is 0. The van der Waals surface area contributed by atoms with Crippen LogP contribution in [0, 0.1) is 6.92 Å². The molecule has 1 aliphatic rings. The topological polar surface area (TPSA) is 79.5 Å². The van der Waals surface area contributed by atoms with Crippen LogP contribution < -0.4 is 16.0 Å². The van der Waals surface area contributed by atoms with Crippen LogP contribution >= 0.6 is 0 Å². The second-order valence-corrected chi connectivity index (χ2v) is 7.31.